The summed E-state index contributed by atoms with van der Waals surface area (Å²) in [5, 5.41) is 10.9. The van der Waals surface area contributed by atoms with E-state index in [1.807, 2.05) is 60.7 Å². The molecule has 4 rings (SSSR count). The monoisotopic (exact) mass is 455 g/mol. The normalized spacial score (nSPS) is 17.7. The molecular formula is C28H25NO5. The molecule has 3 atom stereocenters. The smallest absolute Gasteiger partial charge is 0.338 e. The van der Waals surface area contributed by atoms with Gasteiger partial charge in [-0.1, -0.05) is 60.4 Å². The lowest BCUT2D eigenvalue weighted by atomic mass is 9.90. The van der Waals surface area contributed by atoms with E-state index in [4.69, 9.17) is 9.47 Å². The van der Waals surface area contributed by atoms with Crippen LogP contribution in [-0.2, 0) is 16.1 Å². The topological polar surface area (TPSA) is 76.1 Å². The van der Waals surface area contributed by atoms with Gasteiger partial charge in [-0.05, 0) is 42.0 Å². The highest BCUT2D eigenvalue weighted by atomic mass is 16.6. The van der Waals surface area contributed by atoms with Crippen molar-refractivity contribution in [1.29, 1.82) is 0 Å². The van der Waals surface area contributed by atoms with Crippen molar-refractivity contribution in [3.8, 4) is 17.6 Å². The predicted molar refractivity (Wildman–Crippen MR) is 127 cm³/mol. The maximum Gasteiger partial charge on any atom is 0.338 e. The summed E-state index contributed by atoms with van der Waals surface area (Å²) in [4.78, 5) is 27.1. The Kier molecular flexibility index (Phi) is 7.26. The zero-order valence-electron chi connectivity index (χ0n) is 18.8. The van der Waals surface area contributed by atoms with Crippen LogP contribution in [0.3, 0.4) is 0 Å². The molecule has 1 N–H and O–H groups in total. The Morgan fingerprint density at radius 1 is 1.00 bits per heavy atom. The van der Waals surface area contributed by atoms with Gasteiger partial charge in [-0.25, -0.2) is 4.79 Å². The van der Waals surface area contributed by atoms with Crippen molar-refractivity contribution >= 4 is 11.9 Å². The van der Waals surface area contributed by atoms with E-state index < -0.39 is 24.2 Å². The molecular weight excluding hydrogens is 430 g/mol. The number of aliphatic hydroxyl groups excluding tert-OH is 1. The highest BCUT2D eigenvalue weighted by Crippen LogP contribution is 2.30. The largest absolute Gasteiger partial charge is 0.497 e. The number of amides is 1. The predicted octanol–water partition coefficient (Wildman–Crippen LogP) is 3.43. The number of methoxy groups -OCH3 is 1. The summed E-state index contributed by atoms with van der Waals surface area (Å²) in [5.74, 6) is 5.62. The van der Waals surface area contributed by atoms with E-state index in [-0.39, 0.29) is 12.3 Å². The van der Waals surface area contributed by atoms with E-state index in [1.54, 1.807) is 24.3 Å². The van der Waals surface area contributed by atoms with Gasteiger partial charge in [0.05, 0.1) is 18.8 Å². The van der Waals surface area contributed by atoms with Crippen LogP contribution in [-0.4, -0.2) is 47.2 Å². The molecule has 3 aromatic rings. The first-order chi connectivity index (χ1) is 16.6. The van der Waals surface area contributed by atoms with Crippen LogP contribution in [0.5, 0.6) is 5.75 Å². The average molecular weight is 456 g/mol. The Labute approximate surface area is 198 Å². The van der Waals surface area contributed by atoms with E-state index >= 15 is 0 Å². The molecule has 1 saturated heterocycles. The minimum absolute atomic E-state index is 0.134. The van der Waals surface area contributed by atoms with Gasteiger partial charge in [0.15, 0.2) is 0 Å². The number of rotatable bonds is 7. The highest BCUT2D eigenvalue weighted by molar-refractivity contribution is 5.95. The third kappa shape index (κ3) is 5.28. The molecule has 1 fully saturated rings. The molecule has 0 aromatic heterocycles. The van der Waals surface area contributed by atoms with Crippen LogP contribution >= 0.6 is 0 Å². The van der Waals surface area contributed by atoms with Crippen molar-refractivity contribution < 1.29 is 24.2 Å². The van der Waals surface area contributed by atoms with E-state index in [0.717, 1.165) is 11.1 Å². The maximum atomic E-state index is 12.9. The molecule has 6 heteroatoms. The maximum absolute atomic E-state index is 12.9. The summed E-state index contributed by atoms with van der Waals surface area (Å²) in [6.45, 7) is 0.310. The Hall–Kier alpha value is -4.08. The van der Waals surface area contributed by atoms with Crippen molar-refractivity contribution in [3.63, 3.8) is 0 Å². The van der Waals surface area contributed by atoms with E-state index in [1.165, 1.54) is 12.0 Å². The number of carbonyl (C=O) groups excluding carboxylic acids is 2. The van der Waals surface area contributed by atoms with Crippen molar-refractivity contribution in [1.82, 2.24) is 4.90 Å². The summed E-state index contributed by atoms with van der Waals surface area (Å²) < 4.78 is 10.7. The zero-order chi connectivity index (χ0) is 23.9. The third-order valence-electron chi connectivity index (χ3n) is 5.66. The fraction of sp³-hybridized carbons (Fsp3) is 0.214. The van der Waals surface area contributed by atoms with Gasteiger partial charge >= 0.3 is 5.97 Å². The molecule has 1 aliphatic heterocycles. The van der Waals surface area contributed by atoms with Crippen LogP contribution in [0, 0.1) is 11.8 Å². The first-order valence-electron chi connectivity index (χ1n) is 11.0. The number of hydrogen-bond donors (Lipinski definition) is 1. The number of ether oxygens (including phenoxy) is 2. The van der Waals surface area contributed by atoms with Gasteiger partial charge < -0.3 is 19.5 Å². The van der Waals surface area contributed by atoms with Gasteiger partial charge in [0.2, 0.25) is 6.10 Å². The van der Waals surface area contributed by atoms with Crippen LogP contribution < -0.4 is 4.74 Å². The molecule has 6 nitrogen and oxygen atoms in total. The Morgan fingerprint density at radius 2 is 1.65 bits per heavy atom. The van der Waals surface area contributed by atoms with Crippen LogP contribution in [0.2, 0.25) is 0 Å². The van der Waals surface area contributed by atoms with Crippen LogP contribution in [0.1, 0.15) is 27.9 Å². The standard InChI is InChI=1S/C28H25NO5/c1-33-23-17-15-22(16-18-23)28(32)34-26-25(24(30)14-8-13-20-9-4-2-5-10-20)29(27(26)31)19-21-11-6-3-7-12-21/h2-7,9-12,15-18,24-26,30H,14,19H2,1H3/t24-,25+,26-/m1/s1. The molecule has 3 aromatic carbocycles. The first kappa shape index (κ1) is 23.1. The number of aliphatic hydroxyl groups is 1. The van der Waals surface area contributed by atoms with Crippen molar-refractivity contribution in [3.05, 3.63) is 102 Å². The molecule has 0 saturated carbocycles. The second-order valence-electron chi connectivity index (χ2n) is 7.94. The summed E-state index contributed by atoms with van der Waals surface area (Å²) >= 11 is 0. The van der Waals surface area contributed by atoms with Crippen LogP contribution in [0.25, 0.3) is 0 Å². The van der Waals surface area contributed by atoms with Gasteiger partial charge in [0.25, 0.3) is 5.91 Å². The molecule has 1 amide bonds. The molecule has 1 heterocycles. The quantitative estimate of drug-likeness (QED) is 0.336. The lowest BCUT2D eigenvalue weighted by Gasteiger charge is -2.47. The lowest BCUT2D eigenvalue weighted by molar-refractivity contribution is -0.178. The van der Waals surface area contributed by atoms with Crippen molar-refractivity contribution in [2.75, 3.05) is 7.11 Å². The van der Waals surface area contributed by atoms with E-state index in [0.29, 0.717) is 17.9 Å². The fourth-order valence-electron chi connectivity index (χ4n) is 3.84. The molecule has 0 aliphatic carbocycles. The summed E-state index contributed by atoms with van der Waals surface area (Å²) in [7, 11) is 1.54. The SMILES string of the molecule is COc1ccc(C(=O)O[C@H]2C(=O)N(Cc3ccccc3)[C@H]2[C@H](O)CC#Cc2ccccc2)cc1. The summed E-state index contributed by atoms with van der Waals surface area (Å²) in [6, 6.07) is 24.7. The Morgan fingerprint density at radius 3 is 2.29 bits per heavy atom. The number of carbonyl (C=O) groups is 2. The summed E-state index contributed by atoms with van der Waals surface area (Å²) in [6.07, 6.45) is -1.92. The minimum Gasteiger partial charge on any atom is -0.497 e. The molecule has 0 radical (unpaired) electrons. The molecule has 34 heavy (non-hydrogen) atoms. The molecule has 1 aliphatic rings. The third-order valence-corrected chi connectivity index (χ3v) is 5.66. The van der Waals surface area contributed by atoms with Crippen molar-refractivity contribution in [2.45, 2.75) is 31.2 Å². The van der Waals surface area contributed by atoms with Gasteiger partial charge in [0, 0.05) is 18.5 Å². The fourth-order valence-corrected chi connectivity index (χ4v) is 3.84. The van der Waals surface area contributed by atoms with E-state index in [9.17, 15) is 14.7 Å². The van der Waals surface area contributed by atoms with Crippen LogP contribution in [0.4, 0.5) is 0 Å². The van der Waals surface area contributed by atoms with Gasteiger partial charge in [0.1, 0.15) is 11.8 Å². The number of esters is 1. The van der Waals surface area contributed by atoms with Gasteiger partial charge in [-0.2, -0.15) is 0 Å². The summed E-state index contributed by atoms with van der Waals surface area (Å²) in [5.41, 5.74) is 2.05. The number of benzene rings is 3. The number of nitrogens with zero attached hydrogens (tertiary/aromatic N) is 1. The highest BCUT2D eigenvalue weighted by Gasteiger charge is 2.53. The Bertz CT molecular complexity index is 1180. The van der Waals surface area contributed by atoms with Gasteiger partial charge in [-0.15, -0.1) is 0 Å². The number of β-lactam (4-membered cyclic amide) rings is 1. The van der Waals surface area contributed by atoms with Gasteiger partial charge in [-0.3, -0.25) is 4.79 Å². The Balaban J connectivity index is 1.49. The first-order valence-corrected chi connectivity index (χ1v) is 11.0. The second-order valence-corrected chi connectivity index (χ2v) is 7.94. The molecule has 172 valence electrons. The number of hydrogen-bond acceptors (Lipinski definition) is 5. The zero-order valence-corrected chi connectivity index (χ0v) is 18.8. The molecule has 0 unspecified atom stereocenters. The second kappa shape index (κ2) is 10.7. The number of likely N-dealkylation sites (tertiary alicyclic amines) is 1. The van der Waals surface area contributed by atoms with E-state index in [2.05, 4.69) is 11.8 Å². The lowest BCUT2D eigenvalue weighted by Crippen LogP contribution is -2.69. The van der Waals surface area contributed by atoms with Crippen molar-refractivity contribution in [2.24, 2.45) is 0 Å². The molecule has 0 bridgehead atoms. The van der Waals surface area contributed by atoms with Crippen LogP contribution in [0.15, 0.2) is 84.9 Å². The average Bonchev–Trinajstić information content (AvgIpc) is 2.88. The molecule has 0 spiro atoms. The minimum atomic E-state index is -1.08.